The molecular formula is C20H30Cl2N2O3. The third-order valence-electron chi connectivity index (χ3n) is 5.38. The van der Waals surface area contributed by atoms with Gasteiger partial charge in [-0.1, -0.05) is 6.42 Å². The van der Waals surface area contributed by atoms with Gasteiger partial charge in [-0.3, -0.25) is 9.80 Å². The lowest BCUT2D eigenvalue weighted by Gasteiger charge is -2.28. The van der Waals surface area contributed by atoms with Crippen LogP contribution in [0.1, 0.15) is 30.6 Å². The van der Waals surface area contributed by atoms with E-state index < -0.39 is 0 Å². The number of ether oxygens (including phenoxy) is 2. The molecular weight excluding hydrogens is 387 g/mol. The summed E-state index contributed by atoms with van der Waals surface area (Å²) in [7, 11) is 1.72. The zero-order valence-corrected chi connectivity index (χ0v) is 17.6. The van der Waals surface area contributed by atoms with E-state index in [0.29, 0.717) is 0 Å². The van der Waals surface area contributed by atoms with Gasteiger partial charge in [0, 0.05) is 30.6 Å². The Morgan fingerprint density at radius 3 is 2.33 bits per heavy atom. The van der Waals surface area contributed by atoms with Gasteiger partial charge in [-0.05, 0) is 44.1 Å². The van der Waals surface area contributed by atoms with Crippen molar-refractivity contribution in [3.8, 4) is 5.75 Å². The van der Waals surface area contributed by atoms with E-state index in [4.69, 9.17) is 13.9 Å². The van der Waals surface area contributed by atoms with Crippen molar-refractivity contribution in [2.24, 2.45) is 0 Å². The molecule has 2 fully saturated rings. The lowest BCUT2D eigenvalue weighted by molar-refractivity contribution is 0.0339. The van der Waals surface area contributed by atoms with Gasteiger partial charge in [0.2, 0.25) is 0 Å². The molecule has 2 aliphatic rings. The molecule has 7 heteroatoms. The molecule has 152 valence electrons. The van der Waals surface area contributed by atoms with E-state index in [1.807, 2.05) is 12.1 Å². The van der Waals surface area contributed by atoms with Gasteiger partial charge >= 0.3 is 0 Å². The van der Waals surface area contributed by atoms with E-state index >= 15 is 0 Å². The van der Waals surface area contributed by atoms with Crippen LogP contribution < -0.4 is 4.74 Å². The van der Waals surface area contributed by atoms with E-state index in [-0.39, 0.29) is 24.8 Å². The van der Waals surface area contributed by atoms with E-state index in [1.165, 1.54) is 43.3 Å². The summed E-state index contributed by atoms with van der Waals surface area (Å²) in [4.78, 5) is 4.99. The summed E-state index contributed by atoms with van der Waals surface area (Å²) in [5, 5.41) is 1.19. The molecule has 0 atom stereocenters. The minimum atomic E-state index is 0. The third kappa shape index (κ3) is 5.30. The van der Waals surface area contributed by atoms with Crippen LogP contribution in [0.5, 0.6) is 5.75 Å². The van der Waals surface area contributed by atoms with Crippen molar-refractivity contribution in [1.82, 2.24) is 9.80 Å². The molecule has 2 aliphatic heterocycles. The largest absolute Gasteiger partial charge is 0.497 e. The van der Waals surface area contributed by atoms with E-state index in [0.717, 1.165) is 56.5 Å². The molecule has 1 aromatic heterocycles. The minimum Gasteiger partial charge on any atom is -0.497 e. The highest BCUT2D eigenvalue weighted by Gasteiger charge is 2.21. The van der Waals surface area contributed by atoms with Gasteiger partial charge in [-0.2, -0.15) is 0 Å². The summed E-state index contributed by atoms with van der Waals surface area (Å²) < 4.78 is 17.2. The number of morpholine rings is 1. The SMILES string of the molecule is COc1ccc2oc(CN3CCCCC3)c(CN3CCOCC3)c2c1.Cl.Cl. The van der Waals surface area contributed by atoms with Crippen LogP contribution in [-0.4, -0.2) is 56.3 Å². The van der Waals surface area contributed by atoms with Crippen LogP contribution in [0.4, 0.5) is 0 Å². The van der Waals surface area contributed by atoms with Crippen molar-refractivity contribution in [3.05, 3.63) is 29.5 Å². The number of benzene rings is 1. The summed E-state index contributed by atoms with van der Waals surface area (Å²) >= 11 is 0. The van der Waals surface area contributed by atoms with Crippen molar-refractivity contribution in [3.63, 3.8) is 0 Å². The van der Waals surface area contributed by atoms with E-state index in [1.54, 1.807) is 7.11 Å². The number of halogens is 2. The Hall–Kier alpha value is -0.980. The van der Waals surface area contributed by atoms with Gasteiger partial charge in [-0.25, -0.2) is 0 Å². The van der Waals surface area contributed by atoms with Crippen LogP contribution in [0, 0.1) is 0 Å². The maximum atomic E-state index is 6.29. The standard InChI is InChI=1S/C20H28N2O3.2ClH/c1-23-16-5-6-19-17(13-16)18(14-22-9-11-24-12-10-22)20(25-19)15-21-7-3-2-4-8-21;;/h5-6,13H,2-4,7-12,14-15H2,1H3;2*1H. The van der Waals surface area contributed by atoms with Crippen LogP contribution in [0.25, 0.3) is 11.0 Å². The molecule has 3 heterocycles. The van der Waals surface area contributed by atoms with Crippen LogP contribution in [0.15, 0.2) is 22.6 Å². The molecule has 1 aromatic carbocycles. The summed E-state index contributed by atoms with van der Waals surface area (Å²) in [5.74, 6) is 2.01. The Morgan fingerprint density at radius 2 is 1.63 bits per heavy atom. The first-order valence-corrected chi connectivity index (χ1v) is 9.44. The van der Waals surface area contributed by atoms with Crippen LogP contribution >= 0.6 is 24.8 Å². The Kier molecular flexibility index (Phi) is 8.70. The fourth-order valence-corrected chi connectivity index (χ4v) is 3.91. The lowest BCUT2D eigenvalue weighted by Crippen LogP contribution is -2.36. The highest BCUT2D eigenvalue weighted by atomic mass is 35.5. The molecule has 0 unspecified atom stereocenters. The monoisotopic (exact) mass is 416 g/mol. The van der Waals surface area contributed by atoms with Crippen molar-refractivity contribution < 1.29 is 13.9 Å². The van der Waals surface area contributed by atoms with Gasteiger partial charge in [0.15, 0.2) is 0 Å². The molecule has 4 rings (SSSR count). The minimum absolute atomic E-state index is 0. The topological polar surface area (TPSA) is 38.1 Å². The Morgan fingerprint density at radius 1 is 0.926 bits per heavy atom. The number of hydrogen-bond donors (Lipinski definition) is 0. The van der Waals surface area contributed by atoms with Gasteiger partial charge < -0.3 is 13.9 Å². The second-order valence-corrected chi connectivity index (χ2v) is 7.09. The Labute approximate surface area is 173 Å². The zero-order chi connectivity index (χ0) is 17.1. The van der Waals surface area contributed by atoms with Gasteiger partial charge in [0.05, 0.1) is 26.9 Å². The first kappa shape index (κ1) is 22.3. The fraction of sp³-hybridized carbons (Fsp3) is 0.600. The van der Waals surface area contributed by atoms with Crippen molar-refractivity contribution in [2.45, 2.75) is 32.4 Å². The van der Waals surface area contributed by atoms with Crippen molar-refractivity contribution in [1.29, 1.82) is 0 Å². The van der Waals surface area contributed by atoms with E-state index in [9.17, 15) is 0 Å². The molecule has 0 saturated carbocycles. The maximum absolute atomic E-state index is 6.29. The number of methoxy groups -OCH3 is 1. The normalized spacial score (nSPS) is 18.7. The van der Waals surface area contributed by atoms with Gasteiger partial charge in [-0.15, -0.1) is 24.8 Å². The summed E-state index contributed by atoms with van der Waals surface area (Å²) in [6.07, 6.45) is 3.95. The number of likely N-dealkylation sites (tertiary alicyclic amines) is 1. The summed E-state index contributed by atoms with van der Waals surface area (Å²) in [5.41, 5.74) is 2.29. The predicted octanol–water partition coefficient (Wildman–Crippen LogP) is 4.10. The van der Waals surface area contributed by atoms with Crippen LogP contribution in [0.2, 0.25) is 0 Å². The van der Waals surface area contributed by atoms with Gasteiger partial charge in [0.1, 0.15) is 17.1 Å². The molecule has 27 heavy (non-hydrogen) atoms. The molecule has 0 amide bonds. The molecule has 0 aliphatic carbocycles. The number of fused-ring (bicyclic) bond motifs is 1. The quantitative estimate of drug-likeness (QED) is 0.732. The summed E-state index contributed by atoms with van der Waals surface area (Å²) in [6.45, 7) is 7.80. The Balaban J connectivity index is 0.00000131. The summed E-state index contributed by atoms with van der Waals surface area (Å²) in [6, 6.07) is 6.14. The van der Waals surface area contributed by atoms with Crippen molar-refractivity contribution >= 4 is 35.8 Å². The number of rotatable bonds is 5. The molecule has 0 bridgehead atoms. The Bertz CT molecular complexity index is 711. The molecule has 0 N–H and O–H groups in total. The molecule has 2 aromatic rings. The first-order chi connectivity index (χ1) is 12.3. The molecule has 0 spiro atoms. The predicted molar refractivity (Wildman–Crippen MR) is 112 cm³/mol. The first-order valence-electron chi connectivity index (χ1n) is 9.44. The zero-order valence-electron chi connectivity index (χ0n) is 15.9. The second kappa shape index (κ2) is 10.5. The molecule has 2 saturated heterocycles. The lowest BCUT2D eigenvalue weighted by atomic mass is 10.1. The van der Waals surface area contributed by atoms with Crippen LogP contribution in [-0.2, 0) is 17.8 Å². The van der Waals surface area contributed by atoms with E-state index in [2.05, 4.69) is 15.9 Å². The third-order valence-corrected chi connectivity index (χ3v) is 5.38. The number of nitrogens with zero attached hydrogens (tertiary/aromatic N) is 2. The highest BCUT2D eigenvalue weighted by molar-refractivity contribution is 5.85. The average Bonchev–Trinajstić information content (AvgIpc) is 3.00. The smallest absolute Gasteiger partial charge is 0.134 e. The number of piperidine rings is 1. The van der Waals surface area contributed by atoms with Crippen molar-refractivity contribution in [2.75, 3.05) is 46.5 Å². The molecule has 0 radical (unpaired) electrons. The van der Waals surface area contributed by atoms with Crippen LogP contribution in [0.3, 0.4) is 0 Å². The average molecular weight is 417 g/mol. The number of furan rings is 1. The highest BCUT2D eigenvalue weighted by Crippen LogP contribution is 2.32. The van der Waals surface area contributed by atoms with Gasteiger partial charge in [0.25, 0.3) is 0 Å². The second-order valence-electron chi connectivity index (χ2n) is 7.09. The number of hydrogen-bond acceptors (Lipinski definition) is 5. The molecule has 5 nitrogen and oxygen atoms in total. The fourth-order valence-electron chi connectivity index (χ4n) is 3.91. The maximum Gasteiger partial charge on any atom is 0.134 e.